The summed E-state index contributed by atoms with van der Waals surface area (Å²) in [6, 6.07) is -1.24. The molecule has 3 heterocycles. The van der Waals surface area contributed by atoms with Crippen molar-refractivity contribution in [3.8, 4) is 0 Å². The summed E-state index contributed by atoms with van der Waals surface area (Å²) in [6.45, 7) is 4.84. The van der Waals surface area contributed by atoms with Crippen molar-refractivity contribution in [2.24, 2.45) is 5.16 Å². The molecule has 1 N–H and O–H groups in total. The van der Waals surface area contributed by atoms with Crippen LogP contribution in [-0.2, 0) is 33.6 Å². The number of oxime groups is 1. The van der Waals surface area contributed by atoms with Crippen molar-refractivity contribution in [2.45, 2.75) is 51.0 Å². The van der Waals surface area contributed by atoms with Gasteiger partial charge in [-0.05, 0) is 20.8 Å². The quantitative estimate of drug-likeness (QED) is 0.323. The van der Waals surface area contributed by atoms with Crippen LogP contribution in [0, 0.1) is 0 Å². The number of carbonyl (C=O) groups excluding carboxylic acids is 4. The predicted octanol–water partition coefficient (Wildman–Crippen LogP) is -1.30. The summed E-state index contributed by atoms with van der Waals surface area (Å²) >= 11 is 1.23. The van der Waals surface area contributed by atoms with E-state index in [0.29, 0.717) is 5.06 Å². The number of amides is 2. The summed E-state index contributed by atoms with van der Waals surface area (Å²) in [5.41, 5.74) is -1.48. The smallest absolute Gasteiger partial charge is 0.308 e. The second-order valence-corrected chi connectivity index (χ2v) is 8.24. The molecule has 0 spiro atoms. The molecule has 1 aromatic rings. The number of cyclic esters (lactones) is 1. The predicted molar refractivity (Wildman–Crippen MR) is 97.3 cm³/mol. The lowest BCUT2D eigenvalue weighted by atomic mass is 10.1. The number of ether oxygens (including phenoxy) is 1. The fourth-order valence-corrected chi connectivity index (χ4v) is 3.22. The van der Waals surface area contributed by atoms with Gasteiger partial charge in [0.2, 0.25) is 0 Å². The van der Waals surface area contributed by atoms with E-state index in [0.717, 1.165) is 0 Å². The van der Waals surface area contributed by atoms with E-state index in [9.17, 15) is 24.3 Å². The first-order valence-electron chi connectivity index (χ1n) is 8.89. The van der Waals surface area contributed by atoms with Crippen LogP contribution in [-0.4, -0.2) is 63.5 Å². The van der Waals surface area contributed by atoms with Crippen LogP contribution in [0.1, 0.15) is 39.3 Å². The van der Waals surface area contributed by atoms with Gasteiger partial charge in [0.15, 0.2) is 5.71 Å². The van der Waals surface area contributed by atoms with E-state index in [1.165, 1.54) is 16.8 Å². The van der Waals surface area contributed by atoms with Gasteiger partial charge >= 0.3 is 5.97 Å². The van der Waals surface area contributed by atoms with Gasteiger partial charge < -0.3 is 24.8 Å². The van der Waals surface area contributed by atoms with E-state index < -0.39 is 41.1 Å². The van der Waals surface area contributed by atoms with Gasteiger partial charge in [-0.15, -0.1) is 11.3 Å². The third kappa shape index (κ3) is 4.26. The third-order valence-electron chi connectivity index (χ3n) is 4.07. The number of rotatable bonds is 6. The first-order valence-corrected chi connectivity index (χ1v) is 9.84. The SMILES string of the molecule is CC(C)(C)O/N=C(\C(=O)N[C@H]1CON(C2(C(=O)[O-])CCC(=O)O2)C1=O)c1cscn1. The number of esters is 1. The normalized spacial score (nSPS) is 24.7. The number of carbonyl (C=O) groups is 4. The summed E-state index contributed by atoms with van der Waals surface area (Å²) in [5.74, 6) is -4.28. The van der Waals surface area contributed by atoms with Crippen LogP contribution >= 0.6 is 11.3 Å². The van der Waals surface area contributed by atoms with E-state index >= 15 is 0 Å². The lowest BCUT2D eigenvalue weighted by Gasteiger charge is -2.35. The Labute approximate surface area is 174 Å². The lowest BCUT2D eigenvalue weighted by molar-refractivity contribution is -0.351. The highest BCUT2D eigenvalue weighted by atomic mass is 32.1. The Morgan fingerprint density at radius 1 is 1.43 bits per heavy atom. The number of aromatic nitrogens is 1. The number of hydrogen-bond acceptors (Lipinski definition) is 11. The molecule has 2 amide bonds. The van der Waals surface area contributed by atoms with Crippen molar-refractivity contribution in [2.75, 3.05) is 6.61 Å². The fraction of sp³-hybridized carbons (Fsp3) is 0.529. The van der Waals surface area contributed by atoms with Gasteiger partial charge in [-0.3, -0.25) is 19.2 Å². The Hall–Kier alpha value is -3.06. The molecule has 1 aromatic heterocycles. The maximum absolute atomic E-state index is 12.8. The van der Waals surface area contributed by atoms with Crippen LogP contribution < -0.4 is 10.4 Å². The molecule has 30 heavy (non-hydrogen) atoms. The molecule has 2 fully saturated rings. The van der Waals surface area contributed by atoms with E-state index in [4.69, 9.17) is 14.4 Å². The monoisotopic (exact) mass is 439 g/mol. The lowest BCUT2D eigenvalue weighted by Crippen LogP contribution is -2.61. The molecule has 3 rings (SSSR count). The van der Waals surface area contributed by atoms with E-state index in [1.807, 2.05) is 0 Å². The zero-order chi connectivity index (χ0) is 22.1. The minimum Gasteiger partial charge on any atom is -0.544 e. The van der Waals surface area contributed by atoms with Crippen LogP contribution in [0.5, 0.6) is 0 Å². The summed E-state index contributed by atoms with van der Waals surface area (Å²) < 4.78 is 4.81. The van der Waals surface area contributed by atoms with Gasteiger partial charge in [0, 0.05) is 11.8 Å². The van der Waals surface area contributed by atoms with Crippen molar-refractivity contribution < 1.29 is 38.7 Å². The van der Waals surface area contributed by atoms with Crippen LogP contribution in [0.15, 0.2) is 16.0 Å². The minimum absolute atomic E-state index is 0.167. The van der Waals surface area contributed by atoms with E-state index in [-0.39, 0.29) is 30.9 Å². The van der Waals surface area contributed by atoms with E-state index in [1.54, 1.807) is 26.2 Å². The largest absolute Gasteiger partial charge is 0.544 e. The summed E-state index contributed by atoms with van der Waals surface area (Å²) in [5, 5.41) is 19.9. The molecular formula is C17H19N4O8S-. The topological polar surface area (TPSA) is 160 Å². The molecule has 0 bridgehead atoms. The summed E-state index contributed by atoms with van der Waals surface area (Å²) in [7, 11) is 0. The van der Waals surface area contributed by atoms with Crippen molar-refractivity contribution in [1.82, 2.24) is 15.4 Å². The molecule has 162 valence electrons. The Morgan fingerprint density at radius 2 is 2.17 bits per heavy atom. The summed E-state index contributed by atoms with van der Waals surface area (Å²) in [6.07, 6.45) is -0.547. The number of nitrogens with one attached hydrogen (secondary N) is 1. The van der Waals surface area contributed by atoms with Crippen molar-refractivity contribution in [3.05, 3.63) is 16.6 Å². The molecule has 0 aromatic carbocycles. The molecule has 2 aliphatic rings. The number of hydroxylamine groups is 2. The number of aliphatic carboxylic acids is 1. The van der Waals surface area contributed by atoms with Gasteiger partial charge in [0.1, 0.15) is 29.9 Å². The van der Waals surface area contributed by atoms with Gasteiger partial charge in [0.05, 0.1) is 11.9 Å². The standard InChI is InChI=1S/C17H20N4O8S/c1-16(2,3)29-20-12(10-7-30-8-18-10)13(23)19-9-6-27-21(14(9)24)17(15(25)26)5-4-11(22)28-17/h7-9H,4-6H2,1-3H3,(H,19,23)(H,25,26)/p-1/b20-12-/t9-,17?/m0/s1. The van der Waals surface area contributed by atoms with Gasteiger partial charge in [-0.25, -0.2) is 4.98 Å². The van der Waals surface area contributed by atoms with Crippen molar-refractivity contribution in [3.63, 3.8) is 0 Å². The molecule has 0 radical (unpaired) electrons. The fourth-order valence-electron chi connectivity index (χ4n) is 2.69. The first kappa shape index (κ1) is 21.6. The van der Waals surface area contributed by atoms with Crippen LogP contribution in [0.4, 0.5) is 0 Å². The number of thiazole rings is 1. The van der Waals surface area contributed by atoms with Crippen LogP contribution in [0.3, 0.4) is 0 Å². The Bertz CT molecular complexity index is 894. The highest BCUT2D eigenvalue weighted by Crippen LogP contribution is 2.33. The third-order valence-corrected chi connectivity index (χ3v) is 4.66. The molecule has 13 heteroatoms. The molecule has 2 atom stereocenters. The van der Waals surface area contributed by atoms with Gasteiger partial charge in [-0.1, -0.05) is 5.16 Å². The molecule has 2 aliphatic heterocycles. The molecule has 0 aliphatic carbocycles. The average Bonchev–Trinajstić information content (AvgIpc) is 3.37. The molecule has 1 unspecified atom stereocenters. The zero-order valence-corrected chi connectivity index (χ0v) is 17.2. The van der Waals surface area contributed by atoms with Gasteiger partial charge in [0.25, 0.3) is 17.5 Å². The highest BCUT2D eigenvalue weighted by molar-refractivity contribution is 7.07. The second-order valence-electron chi connectivity index (χ2n) is 7.52. The highest BCUT2D eigenvalue weighted by Gasteiger charge is 2.55. The molecule has 0 saturated carbocycles. The summed E-state index contributed by atoms with van der Waals surface area (Å²) in [4.78, 5) is 63.0. The Morgan fingerprint density at radius 3 is 2.70 bits per heavy atom. The van der Waals surface area contributed by atoms with Crippen LogP contribution in [0.25, 0.3) is 0 Å². The van der Waals surface area contributed by atoms with Crippen molar-refractivity contribution in [1.29, 1.82) is 0 Å². The molecular weight excluding hydrogens is 420 g/mol. The number of nitrogens with zero attached hydrogens (tertiary/aromatic N) is 3. The Balaban J connectivity index is 1.77. The Kier molecular flexibility index (Phi) is 5.76. The first-order chi connectivity index (χ1) is 14.0. The zero-order valence-electron chi connectivity index (χ0n) is 16.4. The van der Waals surface area contributed by atoms with Crippen LogP contribution in [0.2, 0.25) is 0 Å². The number of carboxylic acids is 1. The average molecular weight is 439 g/mol. The van der Waals surface area contributed by atoms with E-state index in [2.05, 4.69) is 15.5 Å². The minimum atomic E-state index is -2.37. The van der Waals surface area contributed by atoms with Crippen molar-refractivity contribution >= 4 is 40.8 Å². The number of hydrogen-bond donors (Lipinski definition) is 1. The number of carboxylic acid groups (broad SMARTS) is 1. The maximum Gasteiger partial charge on any atom is 0.308 e. The molecule has 12 nitrogen and oxygen atoms in total. The second kappa shape index (κ2) is 7.99. The van der Waals surface area contributed by atoms with Gasteiger partial charge in [-0.2, -0.15) is 5.06 Å². The molecule has 2 saturated heterocycles. The maximum atomic E-state index is 12.8.